The maximum absolute atomic E-state index is 5.87. The third-order valence-electron chi connectivity index (χ3n) is 2.85. The smallest absolute Gasteiger partial charge is 0.141 e. The van der Waals surface area contributed by atoms with Crippen molar-refractivity contribution >= 4 is 11.5 Å². The van der Waals surface area contributed by atoms with Crippen molar-refractivity contribution in [1.82, 2.24) is 9.97 Å². The number of hydrogen-bond donors (Lipinski definition) is 2. The molecule has 5 heteroatoms. The minimum absolute atomic E-state index is 0.638. The van der Waals surface area contributed by atoms with Crippen LogP contribution in [0.1, 0.15) is 18.2 Å². The highest BCUT2D eigenvalue weighted by molar-refractivity contribution is 5.54. The lowest BCUT2D eigenvalue weighted by Crippen LogP contribution is -2.03. The SMILES string of the molecule is CCc1cc(NCc2ccc(OC)c(N)c2)ncn1. The topological polar surface area (TPSA) is 73.1 Å². The number of rotatable bonds is 5. The van der Waals surface area contributed by atoms with Gasteiger partial charge < -0.3 is 15.8 Å². The van der Waals surface area contributed by atoms with Gasteiger partial charge in [-0.15, -0.1) is 0 Å². The fourth-order valence-corrected chi connectivity index (χ4v) is 1.77. The first-order valence-electron chi connectivity index (χ1n) is 6.20. The second-order valence-corrected chi connectivity index (χ2v) is 4.18. The van der Waals surface area contributed by atoms with Crippen LogP contribution in [0.25, 0.3) is 0 Å². The number of methoxy groups -OCH3 is 1. The fraction of sp³-hybridized carbons (Fsp3) is 0.286. The number of aryl methyl sites for hydroxylation is 1. The van der Waals surface area contributed by atoms with E-state index in [2.05, 4.69) is 22.2 Å². The van der Waals surface area contributed by atoms with Crippen LogP contribution in [0.3, 0.4) is 0 Å². The number of benzene rings is 1. The highest BCUT2D eigenvalue weighted by Crippen LogP contribution is 2.22. The van der Waals surface area contributed by atoms with Gasteiger partial charge in [0.05, 0.1) is 12.8 Å². The van der Waals surface area contributed by atoms with Gasteiger partial charge in [0.2, 0.25) is 0 Å². The zero-order chi connectivity index (χ0) is 13.7. The monoisotopic (exact) mass is 258 g/mol. The third kappa shape index (κ3) is 3.34. The highest BCUT2D eigenvalue weighted by atomic mass is 16.5. The number of nitrogens with two attached hydrogens (primary N) is 1. The summed E-state index contributed by atoms with van der Waals surface area (Å²) in [4.78, 5) is 8.34. The van der Waals surface area contributed by atoms with E-state index in [1.54, 1.807) is 13.4 Å². The van der Waals surface area contributed by atoms with E-state index < -0.39 is 0 Å². The van der Waals surface area contributed by atoms with Gasteiger partial charge in [-0.25, -0.2) is 9.97 Å². The maximum Gasteiger partial charge on any atom is 0.141 e. The fourth-order valence-electron chi connectivity index (χ4n) is 1.77. The Morgan fingerprint density at radius 2 is 2.11 bits per heavy atom. The number of hydrogen-bond acceptors (Lipinski definition) is 5. The van der Waals surface area contributed by atoms with Gasteiger partial charge in [-0.2, -0.15) is 0 Å². The van der Waals surface area contributed by atoms with E-state index in [1.807, 2.05) is 24.3 Å². The van der Waals surface area contributed by atoms with Crippen LogP contribution in [-0.2, 0) is 13.0 Å². The van der Waals surface area contributed by atoms with Crippen molar-refractivity contribution < 1.29 is 4.74 Å². The molecule has 1 aromatic carbocycles. The van der Waals surface area contributed by atoms with Crippen molar-refractivity contribution in [2.75, 3.05) is 18.2 Å². The molecule has 3 N–H and O–H groups in total. The number of aromatic nitrogens is 2. The molecule has 0 saturated heterocycles. The first-order chi connectivity index (χ1) is 9.22. The molecule has 1 aromatic heterocycles. The molecule has 0 atom stereocenters. The van der Waals surface area contributed by atoms with Gasteiger partial charge in [-0.3, -0.25) is 0 Å². The first-order valence-corrected chi connectivity index (χ1v) is 6.20. The number of nitrogens with one attached hydrogen (secondary N) is 1. The molecule has 0 aliphatic rings. The second-order valence-electron chi connectivity index (χ2n) is 4.18. The summed E-state index contributed by atoms with van der Waals surface area (Å²) in [5, 5.41) is 3.25. The van der Waals surface area contributed by atoms with Gasteiger partial charge >= 0.3 is 0 Å². The average Bonchev–Trinajstić information content (AvgIpc) is 2.45. The molecule has 0 amide bonds. The largest absolute Gasteiger partial charge is 0.495 e. The molecule has 1 heterocycles. The van der Waals surface area contributed by atoms with Crippen molar-refractivity contribution in [2.45, 2.75) is 19.9 Å². The lowest BCUT2D eigenvalue weighted by molar-refractivity contribution is 0.417. The predicted octanol–water partition coefficient (Wildman–Crippen LogP) is 2.24. The van der Waals surface area contributed by atoms with E-state index in [0.717, 1.165) is 23.5 Å². The average molecular weight is 258 g/mol. The zero-order valence-electron chi connectivity index (χ0n) is 11.2. The van der Waals surface area contributed by atoms with E-state index >= 15 is 0 Å². The Labute approximate surface area is 112 Å². The van der Waals surface area contributed by atoms with Crippen molar-refractivity contribution in [2.24, 2.45) is 0 Å². The Morgan fingerprint density at radius 3 is 2.79 bits per heavy atom. The molecule has 0 radical (unpaired) electrons. The van der Waals surface area contributed by atoms with E-state index in [0.29, 0.717) is 18.0 Å². The van der Waals surface area contributed by atoms with Crippen LogP contribution in [0.15, 0.2) is 30.6 Å². The maximum atomic E-state index is 5.87. The summed E-state index contributed by atoms with van der Waals surface area (Å²) >= 11 is 0. The molecular weight excluding hydrogens is 240 g/mol. The van der Waals surface area contributed by atoms with Gasteiger partial charge in [0.15, 0.2) is 0 Å². The van der Waals surface area contributed by atoms with Crippen LogP contribution in [0.4, 0.5) is 11.5 Å². The summed E-state index contributed by atoms with van der Waals surface area (Å²) in [5.41, 5.74) is 8.60. The normalized spacial score (nSPS) is 10.2. The lowest BCUT2D eigenvalue weighted by Gasteiger charge is -2.09. The Morgan fingerprint density at radius 1 is 1.26 bits per heavy atom. The Kier molecular flexibility index (Phi) is 4.18. The van der Waals surface area contributed by atoms with E-state index in [1.165, 1.54) is 0 Å². The van der Waals surface area contributed by atoms with E-state index in [-0.39, 0.29) is 0 Å². The molecule has 0 fully saturated rings. The van der Waals surface area contributed by atoms with Crippen molar-refractivity contribution in [1.29, 1.82) is 0 Å². The molecule has 2 rings (SSSR count). The van der Waals surface area contributed by atoms with Crippen molar-refractivity contribution in [3.05, 3.63) is 41.9 Å². The molecule has 2 aromatic rings. The lowest BCUT2D eigenvalue weighted by atomic mass is 10.2. The summed E-state index contributed by atoms with van der Waals surface area (Å²) in [5.74, 6) is 1.51. The minimum atomic E-state index is 0.638. The van der Waals surface area contributed by atoms with Gasteiger partial charge in [0.25, 0.3) is 0 Å². The molecule has 5 nitrogen and oxygen atoms in total. The minimum Gasteiger partial charge on any atom is -0.495 e. The molecule has 100 valence electrons. The van der Waals surface area contributed by atoms with Crippen LogP contribution in [0.2, 0.25) is 0 Å². The number of anilines is 2. The van der Waals surface area contributed by atoms with Gasteiger partial charge in [-0.1, -0.05) is 13.0 Å². The quantitative estimate of drug-likeness (QED) is 0.805. The third-order valence-corrected chi connectivity index (χ3v) is 2.85. The van der Waals surface area contributed by atoms with E-state index in [4.69, 9.17) is 10.5 Å². The molecule has 0 aliphatic carbocycles. The van der Waals surface area contributed by atoms with Gasteiger partial charge in [0.1, 0.15) is 17.9 Å². The molecule has 0 bridgehead atoms. The van der Waals surface area contributed by atoms with Crippen LogP contribution in [0, 0.1) is 0 Å². The number of nitrogens with zero attached hydrogens (tertiary/aromatic N) is 2. The molecule has 19 heavy (non-hydrogen) atoms. The Hall–Kier alpha value is -2.30. The summed E-state index contributed by atoms with van der Waals surface area (Å²) < 4.78 is 5.13. The summed E-state index contributed by atoms with van der Waals surface area (Å²) in [6.45, 7) is 2.73. The summed E-state index contributed by atoms with van der Waals surface area (Å²) in [7, 11) is 1.61. The van der Waals surface area contributed by atoms with Gasteiger partial charge in [0, 0.05) is 18.3 Å². The number of ether oxygens (including phenoxy) is 1. The molecular formula is C14H18N4O. The standard InChI is InChI=1S/C14H18N4O/c1-3-11-7-14(18-9-17-11)16-8-10-4-5-13(19-2)12(15)6-10/h4-7,9H,3,8,15H2,1-2H3,(H,16,17,18). The summed E-state index contributed by atoms with van der Waals surface area (Å²) in [6, 6.07) is 7.69. The highest BCUT2D eigenvalue weighted by Gasteiger charge is 2.02. The van der Waals surface area contributed by atoms with Crippen LogP contribution < -0.4 is 15.8 Å². The molecule has 0 spiro atoms. The Balaban J connectivity index is 2.03. The first kappa shape index (κ1) is 13.1. The molecule has 0 saturated carbocycles. The molecule has 0 unspecified atom stereocenters. The van der Waals surface area contributed by atoms with Crippen LogP contribution in [-0.4, -0.2) is 17.1 Å². The Bertz CT molecular complexity index is 557. The van der Waals surface area contributed by atoms with Crippen LogP contribution >= 0.6 is 0 Å². The van der Waals surface area contributed by atoms with Crippen molar-refractivity contribution in [3.8, 4) is 5.75 Å². The predicted molar refractivity (Wildman–Crippen MR) is 76.1 cm³/mol. The van der Waals surface area contributed by atoms with E-state index in [9.17, 15) is 0 Å². The molecule has 0 aliphatic heterocycles. The zero-order valence-corrected chi connectivity index (χ0v) is 11.2. The van der Waals surface area contributed by atoms with Crippen LogP contribution in [0.5, 0.6) is 5.75 Å². The summed E-state index contributed by atoms with van der Waals surface area (Å²) in [6.07, 6.45) is 2.47. The number of nitrogen functional groups attached to an aromatic ring is 1. The van der Waals surface area contributed by atoms with Gasteiger partial charge in [-0.05, 0) is 24.1 Å². The van der Waals surface area contributed by atoms with Crippen molar-refractivity contribution in [3.63, 3.8) is 0 Å². The second kappa shape index (κ2) is 6.04.